The van der Waals surface area contributed by atoms with Crippen molar-refractivity contribution in [1.29, 1.82) is 0 Å². The Morgan fingerprint density at radius 1 is 1.00 bits per heavy atom. The second kappa shape index (κ2) is 9.80. The Bertz CT molecular complexity index is 1360. The maximum atomic E-state index is 11.7. The van der Waals surface area contributed by atoms with Crippen molar-refractivity contribution in [2.45, 2.75) is 32.4 Å². The maximum absolute atomic E-state index is 11.7. The van der Waals surface area contributed by atoms with Gasteiger partial charge in [-0.1, -0.05) is 60.7 Å². The third kappa shape index (κ3) is 4.60. The summed E-state index contributed by atoms with van der Waals surface area (Å²) in [4.78, 5) is 13.9. The molecule has 1 heterocycles. The molecule has 1 aliphatic heterocycles. The van der Waals surface area contributed by atoms with Gasteiger partial charge in [0.15, 0.2) is 0 Å². The number of aromatic carboxylic acids is 1. The SMILES string of the molecule is Cc1c(C(=O)O)cccc1N1CC(CCNC(C)c2cccc3ccccc23)Oc2ccccc21. The highest BCUT2D eigenvalue weighted by Gasteiger charge is 2.28. The molecule has 35 heavy (non-hydrogen) atoms. The molecule has 5 nitrogen and oxygen atoms in total. The van der Waals surface area contributed by atoms with Crippen LogP contribution >= 0.6 is 0 Å². The lowest BCUT2D eigenvalue weighted by Gasteiger charge is -2.37. The molecule has 0 spiro atoms. The highest BCUT2D eigenvalue weighted by atomic mass is 16.5. The van der Waals surface area contributed by atoms with Crippen molar-refractivity contribution in [2.24, 2.45) is 0 Å². The van der Waals surface area contributed by atoms with E-state index < -0.39 is 5.97 Å². The Balaban J connectivity index is 1.33. The van der Waals surface area contributed by atoms with Gasteiger partial charge in [-0.3, -0.25) is 0 Å². The first-order valence-corrected chi connectivity index (χ1v) is 12.1. The van der Waals surface area contributed by atoms with E-state index in [1.54, 1.807) is 6.07 Å². The number of hydrogen-bond donors (Lipinski definition) is 2. The average molecular weight is 467 g/mol. The van der Waals surface area contributed by atoms with E-state index >= 15 is 0 Å². The van der Waals surface area contributed by atoms with Crippen LogP contribution in [0.15, 0.2) is 84.9 Å². The number of hydrogen-bond acceptors (Lipinski definition) is 4. The van der Waals surface area contributed by atoms with Crippen LogP contribution in [-0.2, 0) is 0 Å². The van der Waals surface area contributed by atoms with Crippen LogP contribution < -0.4 is 15.0 Å². The van der Waals surface area contributed by atoms with Crippen LogP contribution in [0.4, 0.5) is 11.4 Å². The minimum atomic E-state index is -0.908. The van der Waals surface area contributed by atoms with Crippen molar-refractivity contribution in [3.63, 3.8) is 0 Å². The first-order valence-electron chi connectivity index (χ1n) is 12.1. The van der Waals surface area contributed by atoms with Gasteiger partial charge in [0.25, 0.3) is 0 Å². The lowest BCUT2D eigenvalue weighted by molar-refractivity contribution is 0.0696. The first kappa shape index (κ1) is 22.9. The molecular formula is C30H30N2O3. The summed E-state index contributed by atoms with van der Waals surface area (Å²) in [7, 11) is 0. The van der Waals surface area contributed by atoms with Gasteiger partial charge in [-0.2, -0.15) is 0 Å². The Kier molecular flexibility index (Phi) is 6.43. The van der Waals surface area contributed by atoms with E-state index in [1.807, 2.05) is 43.3 Å². The number of benzene rings is 4. The maximum Gasteiger partial charge on any atom is 0.336 e. The number of carbonyl (C=O) groups is 1. The zero-order chi connectivity index (χ0) is 24.4. The number of nitrogens with zero attached hydrogens (tertiary/aromatic N) is 1. The molecule has 2 atom stereocenters. The first-order chi connectivity index (χ1) is 17.0. The fraction of sp³-hybridized carbons (Fsp3) is 0.233. The van der Waals surface area contributed by atoms with E-state index in [1.165, 1.54) is 16.3 Å². The number of nitrogens with one attached hydrogen (secondary N) is 1. The standard InChI is InChI=1S/C30H30N2O3/c1-20-24(30(33)34)12-8-15-27(20)32-19-23(35-29-16-6-5-14-28(29)32)17-18-31-21(2)25-13-7-10-22-9-3-4-11-26(22)25/h3-16,21,23,31H,17-19H2,1-2H3,(H,33,34). The smallest absolute Gasteiger partial charge is 0.336 e. The van der Waals surface area contributed by atoms with Crippen LogP contribution in [0.2, 0.25) is 0 Å². The third-order valence-corrected chi connectivity index (χ3v) is 6.87. The molecule has 4 aromatic rings. The molecule has 4 aromatic carbocycles. The summed E-state index contributed by atoms with van der Waals surface area (Å²) < 4.78 is 6.36. The van der Waals surface area contributed by atoms with Crippen molar-refractivity contribution < 1.29 is 14.6 Å². The van der Waals surface area contributed by atoms with Gasteiger partial charge in [-0.15, -0.1) is 0 Å². The molecule has 0 saturated heterocycles. The van der Waals surface area contributed by atoms with Crippen LogP contribution in [0.3, 0.4) is 0 Å². The molecule has 178 valence electrons. The van der Waals surface area contributed by atoms with E-state index in [9.17, 15) is 9.90 Å². The number of carboxylic acids is 1. The molecule has 0 bridgehead atoms. The normalized spacial score (nSPS) is 15.9. The number of fused-ring (bicyclic) bond motifs is 2. The summed E-state index contributed by atoms with van der Waals surface area (Å²) in [6.07, 6.45) is 0.808. The van der Waals surface area contributed by atoms with Gasteiger partial charge in [0.1, 0.15) is 11.9 Å². The summed E-state index contributed by atoms with van der Waals surface area (Å²) in [6, 6.07) is 28.6. The zero-order valence-electron chi connectivity index (χ0n) is 20.1. The van der Waals surface area contributed by atoms with Crippen molar-refractivity contribution >= 4 is 28.1 Å². The van der Waals surface area contributed by atoms with Crippen LogP contribution in [0.5, 0.6) is 5.75 Å². The lowest BCUT2D eigenvalue weighted by Crippen LogP contribution is -2.39. The van der Waals surface area contributed by atoms with Gasteiger partial charge in [-0.05, 0) is 73.0 Å². The number of rotatable bonds is 7. The second-order valence-corrected chi connectivity index (χ2v) is 9.11. The molecule has 0 aromatic heterocycles. The van der Waals surface area contributed by atoms with Gasteiger partial charge in [-0.25, -0.2) is 4.79 Å². The molecule has 0 aliphatic carbocycles. The van der Waals surface area contributed by atoms with Gasteiger partial charge in [0, 0.05) is 11.7 Å². The number of ether oxygens (including phenoxy) is 1. The number of para-hydroxylation sites is 2. The molecule has 2 unspecified atom stereocenters. The molecule has 0 amide bonds. The van der Waals surface area contributed by atoms with Crippen molar-refractivity contribution in [1.82, 2.24) is 5.32 Å². The van der Waals surface area contributed by atoms with E-state index in [0.29, 0.717) is 12.1 Å². The third-order valence-electron chi connectivity index (χ3n) is 6.87. The van der Waals surface area contributed by atoms with Gasteiger partial charge in [0.2, 0.25) is 0 Å². The van der Waals surface area contributed by atoms with E-state index in [2.05, 4.69) is 59.6 Å². The Morgan fingerprint density at radius 3 is 2.57 bits per heavy atom. The van der Waals surface area contributed by atoms with E-state index in [-0.39, 0.29) is 12.1 Å². The summed E-state index contributed by atoms with van der Waals surface area (Å²) in [5, 5.41) is 15.8. The highest BCUT2D eigenvalue weighted by Crippen LogP contribution is 2.40. The fourth-order valence-corrected chi connectivity index (χ4v) is 5.02. The number of carboxylic acid groups (broad SMARTS) is 1. The lowest BCUT2D eigenvalue weighted by atomic mass is 9.99. The number of anilines is 2. The Morgan fingerprint density at radius 2 is 1.71 bits per heavy atom. The highest BCUT2D eigenvalue weighted by molar-refractivity contribution is 5.92. The minimum Gasteiger partial charge on any atom is -0.486 e. The second-order valence-electron chi connectivity index (χ2n) is 9.11. The molecule has 0 fully saturated rings. The summed E-state index contributed by atoms with van der Waals surface area (Å²) >= 11 is 0. The van der Waals surface area contributed by atoms with Crippen LogP contribution in [0.25, 0.3) is 10.8 Å². The summed E-state index contributed by atoms with van der Waals surface area (Å²) in [5.74, 6) is -0.0833. The molecule has 0 radical (unpaired) electrons. The molecule has 0 saturated carbocycles. The fourth-order valence-electron chi connectivity index (χ4n) is 5.02. The topological polar surface area (TPSA) is 61.8 Å². The average Bonchev–Trinajstić information content (AvgIpc) is 2.88. The monoisotopic (exact) mass is 466 g/mol. The molecule has 5 heteroatoms. The predicted molar refractivity (Wildman–Crippen MR) is 141 cm³/mol. The van der Waals surface area contributed by atoms with Gasteiger partial charge in [0.05, 0.1) is 17.8 Å². The van der Waals surface area contributed by atoms with E-state index in [4.69, 9.17) is 4.74 Å². The summed E-state index contributed by atoms with van der Waals surface area (Å²) in [5.41, 5.74) is 4.25. The Hall–Kier alpha value is -3.83. The van der Waals surface area contributed by atoms with Crippen LogP contribution in [0.1, 0.15) is 40.9 Å². The quantitative estimate of drug-likeness (QED) is 0.326. The molecule has 2 N–H and O–H groups in total. The molecular weight excluding hydrogens is 436 g/mol. The van der Waals surface area contributed by atoms with Gasteiger partial charge < -0.3 is 20.1 Å². The predicted octanol–water partition coefficient (Wildman–Crippen LogP) is 6.49. The van der Waals surface area contributed by atoms with E-state index in [0.717, 1.165) is 35.7 Å². The van der Waals surface area contributed by atoms with Crippen LogP contribution in [-0.4, -0.2) is 30.3 Å². The van der Waals surface area contributed by atoms with Gasteiger partial charge >= 0.3 is 5.97 Å². The van der Waals surface area contributed by atoms with Crippen molar-refractivity contribution in [3.8, 4) is 5.75 Å². The largest absolute Gasteiger partial charge is 0.486 e. The van der Waals surface area contributed by atoms with Crippen molar-refractivity contribution in [2.75, 3.05) is 18.0 Å². The zero-order valence-corrected chi connectivity index (χ0v) is 20.1. The van der Waals surface area contributed by atoms with Crippen molar-refractivity contribution in [3.05, 3.63) is 102 Å². The van der Waals surface area contributed by atoms with Crippen LogP contribution in [0, 0.1) is 6.92 Å². The minimum absolute atomic E-state index is 0.0231. The Labute approximate surface area is 206 Å². The summed E-state index contributed by atoms with van der Waals surface area (Å²) in [6.45, 7) is 5.54. The molecule has 1 aliphatic rings. The molecule has 5 rings (SSSR count).